The molecule has 0 aromatic heterocycles. The molecule has 1 amide bonds. The fourth-order valence-corrected chi connectivity index (χ4v) is 3.13. The van der Waals surface area contributed by atoms with Gasteiger partial charge in [-0.2, -0.15) is 5.10 Å². The summed E-state index contributed by atoms with van der Waals surface area (Å²) in [5.41, 5.74) is 3.42. The van der Waals surface area contributed by atoms with Crippen molar-refractivity contribution in [1.82, 2.24) is 5.43 Å². The van der Waals surface area contributed by atoms with Crippen molar-refractivity contribution in [2.24, 2.45) is 5.10 Å². The molecule has 7 heteroatoms. The number of ether oxygens (including phenoxy) is 1. The third-order valence-corrected chi connectivity index (χ3v) is 4.71. The molecule has 0 radical (unpaired) electrons. The van der Waals surface area contributed by atoms with E-state index in [0.29, 0.717) is 16.9 Å². The maximum Gasteiger partial charge on any atom is 0.344 e. The Morgan fingerprint density at radius 2 is 1.59 bits per heavy atom. The molecule has 0 spiro atoms. The van der Waals surface area contributed by atoms with Gasteiger partial charge in [0.25, 0.3) is 5.91 Å². The Hall–Kier alpha value is -4.65. The molecule has 0 aliphatic heterocycles. The number of fused-ring (bicyclic) bond motifs is 1. The molecule has 4 aromatic carbocycles. The van der Waals surface area contributed by atoms with Gasteiger partial charge in [-0.15, -0.1) is 0 Å². The van der Waals surface area contributed by atoms with Gasteiger partial charge in [0.1, 0.15) is 17.2 Å². The molecule has 0 bridgehead atoms. The second-order valence-corrected chi connectivity index (χ2v) is 6.89. The van der Waals surface area contributed by atoms with E-state index in [2.05, 4.69) is 10.5 Å². The number of hydrogen-bond acceptors (Lipinski definition) is 6. The van der Waals surface area contributed by atoms with E-state index in [1.807, 2.05) is 36.4 Å². The normalized spacial score (nSPS) is 10.9. The first-order valence-electron chi connectivity index (χ1n) is 9.66. The fourth-order valence-electron chi connectivity index (χ4n) is 3.13. The molecule has 4 aromatic rings. The maximum absolute atomic E-state index is 12.6. The van der Waals surface area contributed by atoms with Crippen LogP contribution in [0.4, 0.5) is 0 Å². The molecule has 0 heterocycles. The summed E-state index contributed by atoms with van der Waals surface area (Å²) >= 11 is 0. The van der Waals surface area contributed by atoms with Crippen LogP contribution in [0.15, 0.2) is 90.0 Å². The summed E-state index contributed by atoms with van der Waals surface area (Å²) in [5, 5.41) is 24.6. The van der Waals surface area contributed by atoms with Gasteiger partial charge in [-0.3, -0.25) is 4.79 Å². The van der Waals surface area contributed by atoms with E-state index in [4.69, 9.17) is 4.74 Å². The van der Waals surface area contributed by atoms with Crippen molar-refractivity contribution < 1.29 is 24.5 Å². The van der Waals surface area contributed by atoms with Crippen molar-refractivity contribution in [2.45, 2.75) is 0 Å². The molecule has 0 fully saturated rings. The predicted octanol–water partition coefficient (Wildman–Crippen LogP) is 4.23. The number of nitrogens with zero attached hydrogens (tertiary/aromatic N) is 1. The van der Waals surface area contributed by atoms with Gasteiger partial charge < -0.3 is 14.9 Å². The van der Waals surface area contributed by atoms with Crippen LogP contribution in [0.1, 0.15) is 26.3 Å². The number of amides is 1. The monoisotopic (exact) mass is 426 g/mol. The molecule has 3 N–H and O–H groups in total. The minimum atomic E-state index is -0.626. The van der Waals surface area contributed by atoms with Gasteiger partial charge in [0.05, 0.1) is 17.3 Å². The second-order valence-electron chi connectivity index (χ2n) is 6.89. The van der Waals surface area contributed by atoms with Crippen LogP contribution in [0, 0.1) is 0 Å². The Balaban J connectivity index is 1.39. The van der Waals surface area contributed by atoms with Crippen LogP contribution in [0.25, 0.3) is 10.8 Å². The molecule has 4 rings (SSSR count). The lowest BCUT2D eigenvalue weighted by Gasteiger charge is -2.07. The fraction of sp³-hybridized carbons (Fsp3) is 0. The third-order valence-electron chi connectivity index (χ3n) is 4.71. The van der Waals surface area contributed by atoms with Crippen molar-refractivity contribution in [1.29, 1.82) is 0 Å². The number of aromatic hydroxyl groups is 2. The zero-order valence-electron chi connectivity index (χ0n) is 16.7. The molecule has 0 unspecified atom stereocenters. The minimum Gasteiger partial charge on any atom is -0.508 e. The molecular formula is C25H18N2O5. The summed E-state index contributed by atoms with van der Waals surface area (Å²) in [6.07, 6.45) is 1.41. The van der Waals surface area contributed by atoms with Crippen LogP contribution >= 0.6 is 0 Å². The number of carbonyl (C=O) groups excluding carboxylic acids is 2. The average Bonchev–Trinajstić information content (AvgIpc) is 2.79. The number of hydrogen-bond donors (Lipinski definition) is 3. The van der Waals surface area contributed by atoms with Gasteiger partial charge in [-0.1, -0.05) is 36.4 Å². The standard InChI is InChI=1S/C25H18N2O5/c28-18-10-13-22(23(29)14-18)24(30)27-26-15-16-8-11-19(12-9-16)32-25(31)21-7-3-5-17-4-1-2-6-20(17)21/h1-15,28-29H,(H,27,30)/b26-15+. The summed E-state index contributed by atoms with van der Waals surface area (Å²) in [7, 11) is 0. The van der Waals surface area contributed by atoms with Crippen molar-refractivity contribution in [3.63, 3.8) is 0 Å². The van der Waals surface area contributed by atoms with Crippen molar-refractivity contribution in [3.05, 3.63) is 102 Å². The molecule has 0 saturated heterocycles. The number of esters is 1. The Morgan fingerprint density at radius 3 is 2.38 bits per heavy atom. The smallest absolute Gasteiger partial charge is 0.344 e. The predicted molar refractivity (Wildman–Crippen MR) is 120 cm³/mol. The van der Waals surface area contributed by atoms with Crippen molar-refractivity contribution >= 4 is 28.9 Å². The van der Waals surface area contributed by atoms with E-state index in [1.165, 1.54) is 18.3 Å². The Labute approximate surface area is 183 Å². The van der Waals surface area contributed by atoms with Crippen LogP contribution in [0.3, 0.4) is 0 Å². The first-order valence-corrected chi connectivity index (χ1v) is 9.66. The zero-order valence-corrected chi connectivity index (χ0v) is 16.7. The van der Waals surface area contributed by atoms with Crippen molar-refractivity contribution in [2.75, 3.05) is 0 Å². The highest BCUT2D eigenvalue weighted by atomic mass is 16.5. The Morgan fingerprint density at radius 1 is 0.844 bits per heavy atom. The maximum atomic E-state index is 12.6. The average molecular weight is 426 g/mol. The summed E-state index contributed by atoms with van der Waals surface area (Å²) in [6.45, 7) is 0. The minimum absolute atomic E-state index is 0.0179. The highest BCUT2D eigenvalue weighted by Crippen LogP contribution is 2.23. The molecule has 0 saturated carbocycles. The number of carbonyl (C=O) groups is 2. The summed E-state index contributed by atoms with van der Waals surface area (Å²) in [5.74, 6) is -1.21. The van der Waals surface area contributed by atoms with Crippen LogP contribution in [-0.4, -0.2) is 28.3 Å². The molecule has 0 atom stereocenters. The van der Waals surface area contributed by atoms with E-state index in [0.717, 1.165) is 16.8 Å². The number of phenolic OH excluding ortho intramolecular Hbond substituents is 2. The van der Waals surface area contributed by atoms with Crippen LogP contribution in [-0.2, 0) is 0 Å². The topological polar surface area (TPSA) is 108 Å². The quantitative estimate of drug-likeness (QED) is 0.192. The third kappa shape index (κ3) is 4.57. The molecular weight excluding hydrogens is 408 g/mol. The van der Waals surface area contributed by atoms with E-state index >= 15 is 0 Å². The van der Waals surface area contributed by atoms with Crippen LogP contribution < -0.4 is 10.2 Å². The SMILES string of the molecule is O=C(N/N=C/c1ccc(OC(=O)c2cccc3ccccc23)cc1)c1ccc(O)cc1O. The van der Waals surface area contributed by atoms with E-state index in [9.17, 15) is 19.8 Å². The highest BCUT2D eigenvalue weighted by molar-refractivity contribution is 6.05. The molecule has 0 aliphatic carbocycles. The van der Waals surface area contributed by atoms with Crippen molar-refractivity contribution in [3.8, 4) is 17.2 Å². The van der Waals surface area contributed by atoms with Gasteiger partial charge in [-0.25, -0.2) is 10.2 Å². The summed E-state index contributed by atoms with van der Waals surface area (Å²) in [4.78, 5) is 24.7. The summed E-state index contributed by atoms with van der Waals surface area (Å²) < 4.78 is 5.49. The number of hydrazone groups is 1. The highest BCUT2D eigenvalue weighted by Gasteiger charge is 2.12. The first kappa shape index (κ1) is 20.6. The first-order chi connectivity index (χ1) is 15.5. The lowest BCUT2D eigenvalue weighted by atomic mass is 10.0. The number of rotatable bonds is 5. The molecule has 7 nitrogen and oxygen atoms in total. The molecule has 158 valence electrons. The number of phenols is 2. The molecule has 0 aliphatic rings. The summed E-state index contributed by atoms with van der Waals surface area (Å²) in [6, 6.07) is 23.3. The van der Waals surface area contributed by atoms with Gasteiger partial charge in [0.2, 0.25) is 0 Å². The Kier molecular flexibility index (Phi) is 5.81. The van der Waals surface area contributed by atoms with Gasteiger partial charge in [-0.05, 0) is 58.8 Å². The lowest BCUT2D eigenvalue weighted by Crippen LogP contribution is -2.17. The van der Waals surface area contributed by atoms with E-state index in [-0.39, 0.29) is 17.1 Å². The van der Waals surface area contributed by atoms with Gasteiger partial charge in [0.15, 0.2) is 0 Å². The van der Waals surface area contributed by atoms with E-state index < -0.39 is 11.9 Å². The second kappa shape index (κ2) is 9.01. The van der Waals surface area contributed by atoms with Gasteiger partial charge >= 0.3 is 5.97 Å². The number of nitrogens with one attached hydrogen (secondary N) is 1. The van der Waals surface area contributed by atoms with Crippen LogP contribution in [0.2, 0.25) is 0 Å². The lowest BCUT2D eigenvalue weighted by molar-refractivity contribution is 0.0736. The van der Waals surface area contributed by atoms with E-state index in [1.54, 1.807) is 30.3 Å². The zero-order chi connectivity index (χ0) is 22.5. The molecule has 32 heavy (non-hydrogen) atoms. The number of benzene rings is 4. The van der Waals surface area contributed by atoms with Gasteiger partial charge in [0, 0.05) is 6.07 Å². The Bertz CT molecular complexity index is 1320. The van der Waals surface area contributed by atoms with Crippen LogP contribution in [0.5, 0.6) is 17.2 Å². The largest absolute Gasteiger partial charge is 0.508 e.